The van der Waals surface area contributed by atoms with Crippen LogP contribution in [0.15, 0.2) is 97.1 Å². The molecule has 4 aromatic carbocycles. The highest BCUT2D eigenvalue weighted by Gasteiger charge is 2.38. The average molecular weight is 416 g/mol. The molecule has 0 spiro atoms. The number of nitriles is 1. The fourth-order valence-electron chi connectivity index (χ4n) is 4.46. The molecular weight excluding hydrogens is 398 g/mol. The Kier molecular flexibility index (Phi) is 3.96. The van der Waals surface area contributed by atoms with Gasteiger partial charge in [-0.25, -0.2) is 0 Å². The van der Waals surface area contributed by atoms with Crippen molar-refractivity contribution in [2.45, 2.75) is 5.60 Å². The number of benzene rings is 4. The van der Waals surface area contributed by atoms with Crippen molar-refractivity contribution in [3.63, 3.8) is 0 Å². The van der Waals surface area contributed by atoms with Crippen LogP contribution < -0.4 is 4.74 Å². The van der Waals surface area contributed by atoms with Crippen molar-refractivity contribution >= 4 is 37.6 Å². The van der Waals surface area contributed by atoms with E-state index in [2.05, 4.69) is 54.6 Å². The fourth-order valence-corrected chi connectivity index (χ4v) is 5.69. The van der Waals surface area contributed by atoms with Gasteiger partial charge < -0.3 is 4.74 Å². The fraction of sp³-hybridized carbons (Fsp3) is 0.0357. The molecule has 6 rings (SSSR count). The van der Waals surface area contributed by atoms with Crippen LogP contribution in [0.4, 0.5) is 0 Å². The van der Waals surface area contributed by atoms with E-state index in [4.69, 9.17) is 4.74 Å². The van der Waals surface area contributed by atoms with E-state index < -0.39 is 5.60 Å². The standard InChI is InChI=1S/C28H17NOS/c29-18-20-17-19-15-16-28(21-9-3-1-4-10-21,22-11-5-2-6-12-22)30-26(19)27-25(20)23-13-7-8-14-24(23)31-27/h1-17H. The maximum Gasteiger partial charge on any atom is 0.178 e. The van der Waals surface area contributed by atoms with Crippen LogP contribution in [0.2, 0.25) is 0 Å². The molecule has 2 heterocycles. The van der Waals surface area contributed by atoms with Gasteiger partial charge in [0.25, 0.3) is 0 Å². The second kappa shape index (κ2) is 6.84. The molecule has 0 saturated heterocycles. The van der Waals surface area contributed by atoms with Crippen molar-refractivity contribution in [3.05, 3.63) is 119 Å². The number of ether oxygens (including phenoxy) is 1. The summed E-state index contributed by atoms with van der Waals surface area (Å²) in [5, 5.41) is 11.9. The van der Waals surface area contributed by atoms with Crippen LogP contribution in [0.3, 0.4) is 0 Å². The summed E-state index contributed by atoms with van der Waals surface area (Å²) in [5.74, 6) is 0.838. The highest BCUT2D eigenvalue weighted by Crippen LogP contribution is 2.49. The molecular formula is C28H17NOS. The van der Waals surface area contributed by atoms with Gasteiger partial charge in [-0.1, -0.05) is 84.9 Å². The van der Waals surface area contributed by atoms with E-state index in [1.165, 1.54) is 0 Å². The summed E-state index contributed by atoms with van der Waals surface area (Å²) in [6, 6.07) is 33.2. The maximum absolute atomic E-state index is 9.86. The minimum Gasteiger partial charge on any atom is -0.472 e. The van der Waals surface area contributed by atoms with Gasteiger partial charge in [-0.3, -0.25) is 0 Å². The molecule has 2 nitrogen and oxygen atoms in total. The molecule has 1 aliphatic rings. The lowest BCUT2D eigenvalue weighted by Gasteiger charge is -2.36. The Labute approximate surface area is 184 Å². The molecule has 0 N–H and O–H groups in total. The van der Waals surface area contributed by atoms with E-state index >= 15 is 0 Å². The van der Waals surface area contributed by atoms with Crippen molar-refractivity contribution in [1.29, 1.82) is 5.26 Å². The maximum atomic E-state index is 9.86. The molecule has 0 amide bonds. The predicted octanol–water partition coefficient (Wildman–Crippen LogP) is 7.28. The quantitative estimate of drug-likeness (QED) is 0.304. The summed E-state index contributed by atoms with van der Waals surface area (Å²) in [6.07, 6.45) is 4.21. The first kappa shape index (κ1) is 17.9. The number of fused-ring (bicyclic) bond motifs is 5. The third-order valence-electron chi connectivity index (χ3n) is 5.92. The van der Waals surface area contributed by atoms with Gasteiger partial charge in [0.05, 0.1) is 16.3 Å². The minimum absolute atomic E-state index is 0.686. The Morgan fingerprint density at radius 2 is 1.45 bits per heavy atom. The molecule has 0 aliphatic carbocycles. The first-order chi connectivity index (χ1) is 15.3. The second-order valence-corrected chi connectivity index (χ2v) is 8.71. The zero-order valence-electron chi connectivity index (χ0n) is 16.6. The molecule has 0 fully saturated rings. The van der Waals surface area contributed by atoms with Crippen molar-refractivity contribution in [2.24, 2.45) is 0 Å². The molecule has 146 valence electrons. The van der Waals surface area contributed by atoms with Gasteiger partial charge in [-0.2, -0.15) is 5.26 Å². The Balaban J connectivity index is 1.68. The van der Waals surface area contributed by atoms with Gasteiger partial charge >= 0.3 is 0 Å². The van der Waals surface area contributed by atoms with Crippen molar-refractivity contribution < 1.29 is 4.74 Å². The monoisotopic (exact) mass is 415 g/mol. The van der Waals surface area contributed by atoms with Crippen LogP contribution in [0.25, 0.3) is 26.2 Å². The summed E-state index contributed by atoms with van der Waals surface area (Å²) in [5.41, 5.74) is 3.04. The summed E-state index contributed by atoms with van der Waals surface area (Å²) < 4.78 is 9.13. The summed E-state index contributed by atoms with van der Waals surface area (Å²) in [7, 11) is 0. The number of rotatable bonds is 2. The highest BCUT2D eigenvalue weighted by atomic mass is 32.1. The molecule has 5 aromatic rings. The molecule has 1 aliphatic heterocycles. The molecule has 3 heteroatoms. The lowest BCUT2D eigenvalue weighted by molar-refractivity contribution is 0.164. The largest absolute Gasteiger partial charge is 0.472 e. The highest BCUT2D eigenvalue weighted by molar-refractivity contribution is 7.26. The summed E-state index contributed by atoms with van der Waals surface area (Å²) >= 11 is 1.69. The van der Waals surface area contributed by atoms with E-state index in [1.807, 2.05) is 54.6 Å². The van der Waals surface area contributed by atoms with Gasteiger partial charge in [0.15, 0.2) is 5.60 Å². The first-order valence-electron chi connectivity index (χ1n) is 10.2. The van der Waals surface area contributed by atoms with Crippen LogP contribution in [-0.2, 0) is 5.60 Å². The summed E-state index contributed by atoms with van der Waals surface area (Å²) in [6.45, 7) is 0. The number of hydrogen-bond donors (Lipinski definition) is 0. The minimum atomic E-state index is -0.729. The predicted molar refractivity (Wildman–Crippen MR) is 127 cm³/mol. The second-order valence-electron chi connectivity index (χ2n) is 7.66. The third-order valence-corrected chi connectivity index (χ3v) is 7.09. The Bertz CT molecular complexity index is 1470. The zero-order valence-corrected chi connectivity index (χ0v) is 17.4. The van der Waals surface area contributed by atoms with E-state index in [-0.39, 0.29) is 0 Å². The van der Waals surface area contributed by atoms with Gasteiger partial charge in [-0.15, -0.1) is 11.3 Å². The topological polar surface area (TPSA) is 33.0 Å². The zero-order chi connectivity index (χ0) is 20.8. The number of nitrogens with zero attached hydrogens (tertiary/aromatic N) is 1. The molecule has 0 atom stereocenters. The average Bonchev–Trinajstić information content (AvgIpc) is 3.24. The lowest BCUT2D eigenvalue weighted by Crippen LogP contribution is -2.34. The van der Waals surface area contributed by atoms with Crippen LogP contribution in [0.1, 0.15) is 22.3 Å². The first-order valence-corrected chi connectivity index (χ1v) is 11.0. The van der Waals surface area contributed by atoms with Crippen LogP contribution >= 0.6 is 11.3 Å². The van der Waals surface area contributed by atoms with Crippen molar-refractivity contribution in [3.8, 4) is 11.8 Å². The smallest absolute Gasteiger partial charge is 0.178 e. The Morgan fingerprint density at radius 3 is 2.13 bits per heavy atom. The Morgan fingerprint density at radius 1 is 0.806 bits per heavy atom. The third kappa shape index (κ3) is 2.63. The van der Waals surface area contributed by atoms with Crippen LogP contribution in [-0.4, -0.2) is 0 Å². The molecule has 0 bridgehead atoms. The van der Waals surface area contributed by atoms with Gasteiger partial charge in [0.1, 0.15) is 5.75 Å². The SMILES string of the molecule is N#Cc1cc2c(c3sc4ccccc4c13)OC(c1ccccc1)(c1ccccc1)C=C2. The van der Waals surface area contributed by atoms with E-state index in [0.717, 1.165) is 42.6 Å². The van der Waals surface area contributed by atoms with E-state index in [9.17, 15) is 5.26 Å². The number of thiophene rings is 1. The molecule has 0 radical (unpaired) electrons. The van der Waals surface area contributed by atoms with Gasteiger partial charge in [0.2, 0.25) is 0 Å². The summed E-state index contributed by atoms with van der Waals surface area (Å²) in [4.78, 5) is 0. The normalized spacial score (nSPS) is 14.2. The molecule has 0 unspecified atom stereocenters. The molecule has 0 saturated carbocycles. The Hall–Kier alpha value is -3.87. The van der Waals surface area contributed by atoms with E-state index in [1.54, 1.807) is 11.3 Å². The number of hydrogen-bond acceptors (Lipinski definition) is 3. The van der Waals surface area contributed by atoms with E-state index in [0.29, 0.717) is 5.56 Å². The molecule has 31 heavy (non-hydrogen) atoms. The molecule has 1 aromatic heterocycles. The van der Waals surface area contributed by atoms with Crippen molar-refractivity contribution in [2.75, 3.05) is 0 Å². The van der Waals surface area contributed by atoms with Gasteiger partial charge in [-0.05, 0) is 18.2 Å². The lowest BCUT2D eigenvalue weighted by atomic mass is 9.83. The van der Waals surface area contributed by atoms with Crippen LogP contribution in [0.5, 0.6) is 5.75 Å². The van der Waals surface area contributed by atoms with Gasteiger partial charge in [0, 0.05) is 32.2 Å². The van der Waals surface area contributed by atoms with Crippen LogP contribution in [0, 0.1) is 11.3 Å². The van der Waals surface area contributed by atoms with Crippen molar-refractivity contribution in [1.82, 2.24) is 0 Å².